The molecule has 0 amide bonds. The zero-order chi connectivity index (χ0) is 8.39. The van der Waals surface area contributed by atoms with Gasteiger partial charge in [0.2, 0.25) is 0 Å². The molecule has 1 aromatic carbocycles. The highest BCUT2D eigenvalue weighted by molar-refractivity contribution is 7.98. The van der Waals surface area contributed by atoms with Crippen molar-refractivity contribution in [2.45, 2.75) is 4.90 Å². The Hall–Kier alpha value is -1.22. The molecule has 0 unspecified atom stereocenters. The first kappa shape index (κ1) is 7.43. The Morgan fingerprint density at radius 3 is 3.17 bits per heavy atom. The molecular formula is C9H7NOS. The van der Waals surface area contributed by atoms with Crippen LogP contribution in [0, 0.1) is 0 Å². The van der Waals surface area contributed by atoms with Crippen molar-refractivity contribution < 1.29 is 5.11 Å². The normalized spacial score (nSPS) is 14.0. The van der Waals surface area contributed by atoms with E-state index in [1.54, 1.807) is 12.3 Å². The molecule has 0 radical (unpaired) electrons. The number of rotatable bonds is 0. The van der Waals surface area contributed by atoms with E-state index in [-0.39, 0.29) is 0 Å². The molecule has 12 heavy (non-hydrogen) atoms. The molecule has 1 aromatic rings. The minimum atomic E-state index is 0.307. The topological polar surface area (TPSA) is 32.6 Å². The van der Waals surface area contributed by atoms with Gasteiger partial charge in [0.15, 0.2) is 0 Å². The van der Waals surface area contributed by atoms with Crippen molar-refractivity contribution in [3.63, 3.8) is 0 Å². The van der Waals surface area contributed by atoms with Crippen LogP contribution in [0.3, 0.4) is 0 Å². The number of phenols is 1. The second kappa shape index (κ2) is 3.03. The molecule has 1 heterocycles. The van der Waals surface area contributed by atoms with Crippen LogP contribution in [0.5, 0.6) is 5.75 Å². The van der Waals surface area contributed by atoms with Crippen LogP contribution in [0.15, 0.2) is 33.6 Å². The van der Waals surface area contributed by atoms with E-state index in [4.69, 9.17) is 0 Å². The van der Waals surface area contributed by atoms with E-state index in [0.29, 0.717) is 5.75 Å². The summed E-state index contributed by atoms with van der Waals surface area (Å²) >= 11 is 1.37. The first-order valence-corrected chi connectivity index (χ1v) is 4.34. The van der Waals surface area contributed by atoms with Crippen molar-refractivity contribution >= 4 is 24.2 Å². The smallest absolute Gasteiger partial charge is 0.123 e. The minimum absolute atomic E-state index is 0.307. The molecule has 1 N–H and O–H groups in total. The van der Waals surface area contributed by atoms with E-state index in [1.807, 2.05) is 24.3 Å². The fourth-order valence-corrected chi connectivity index (χ4v) is 1.70. The lowest BCUT2D eigenvalue weighted by molar-refractivity contribution is 0.472. The second-order valence-electron chi connectivity index (χ2n) is 2.39. The summed E-state index contributed by atoms with van der Waals surface area (Å²) in [6.45, 7) is 0. The van der Waals surface area contributed by atoms with Crippen molar-refractivity contribution in [2.75, 3.05) is 0 Å². The number of nitrogens with zero attached hydrogens (tertiary/aromatic N) is 1. The van der Waals surface area contributed by atoms with Crippen LogP contribution in [0.25, 0.3) is 6.08 Å². The van der Waals surface area contributed by atoms with Crippen molar-refractivity contribution in [3.05, 3.63) is 29.8 Å². The van der Waals surface area contributed by atoms with Crippen molar-refractivity contribution in [2.24, 2.45) is 4.40 Å². The zero-order valence-corrected chi connectivity index (χ0v) is 7.08. The Labute approximate surface area is 74.8 Å². The predicted molar refractivity (Wildman–Crippen MR) is 51.5 cm³/mol. The third kappa shape index (κ3) is 1.23. The lowest BCUT2D eigenvalue weighted by atomic mass is 10.2. The fourth-order valence-electron chi connectivity index (χ4n) is 1.04. The van der Waals surface area contributed by atoms with Gasteiger partial charge in [-0.05, 0) is 24.3 Å². The predicted octanol–water partition coefficient (Wildman–Crippen LogP) is 2.50. The maximum atomic E-state index is 9.46. The molecule has 1 aliphatic heterocycles. The van der Waals surface area contributed by atoms with Gasteiger partial charge in [0, 0.05) is 28.6 Å². The summed E-state index contributed by atoms with van der Waals surface area (Å²) in [6.07, 6.45) is 5.39. The van der Waals surface area contributed by atoms with Gasteiger partial charge in [-0.15, -0.1) is 0 Å². The Morgan fingerprint density at radius 2 is 2.25 bits per heavy atom. The zero-order valence-electron chi connectivity index (χ0n) is 6.27. The van der Waals surface area contributed by atoms with Gasteiger partial charge in [-0.3, -0.25) is 0 Å². The molecule has 0 spiro atoms. The van der Waals surface area contributed by atoms with Gasteiger partial charge in [0.1, 0.15) is 5.75 Å². The molecule has 2 rings (SSSR count). The van der Waals surface area contributed by atoms with Crippen LogP contribution in [0.2, 0.25) is 0 Å². The number of phenolic OH excluding ortho intramolecular Hbond substituents is 1. The number of hydrogen-bond donors (Lipinski definition) is 1. The van der Waals surface area contributed by atoms with Crippen LogP contribution in [-0.4, -0.2) is 11.3 Å². The van der Waals surface area contributed by atoms with Crippen molar-refractivity contribution in [3.8, 4) is 5.75 Å². The van der Waals surface area contributed by atoms with E-state index >= 15 is 0 Å². The van der Waals surface area contributed by atoms with E-state index < -0.39 is 0 Å². The number of allylic oxidation sites excluding steroid dienone is 1. The molecule has 0 saturated carbocycles. The highest BCUT2D eigenvalue weighted by Gasteiger charge is 2.05. The monoisotopic (exact) mass is 177 g/mol. The number of hydrogen-bond acceptors (Lipinski definition) is 3. The van der Waals surface area contributed by atoms with Gasteiger partial charge in [-0.25, -0.2) is 4.40 Å². The summed E-state index contributed by atoms with van der Waals surface area (Å²) in [7, 11) is 0. The van der Waals surface area contributed by atoms with Crippen LogP contribution >= 0.6 is 11.9 Å². The van der Waals surface area contributed by atoms with Crippen LogP contribution in [0.1, 0.15) is 5.56 Å². The summed E-state index contributed by atoms with van der Waals surface area (Å²) in [4.78, 5) is 0.986. The van der Waals surface area contributed by atoms with Gasteiger partial charge >= 0.3 is 0 Å². The van der Waals surface area contributed by atoms with Crippen LogP contribution in [-0.2, 0) is 0 Å². The van der Waals surface area contributed by atoms with Gasteiger partial charge < -0.3 is 5.11 Å². The lowest BCUT2D eigenvalue weighted by Gasteiger charge is -2.01. The highest BCUT2D eigenvalue weighted by atomic mass is 32.2. The first-order chi connectivity index (χ1) is 5.88. The summed E-state index contributed by atoms with van der Waals surface area (Å²) in [5.74, 6) is 0.307. The summed E-state index contributed by atoms with van der Waals surface area (Å²) in [5, 5.41) is 9.46. The summed E-state index contributed by atoms with van der Waals surface area (Å²) < 4.78 is 4.05. The van der Waals surface area contributed by atoms with Gasteiger partial charge in [0.25, 0.3) is 0 Å². The first-order valence-electron chi connectivity index (χ1n) is 3.57. The van der Waals surface area contributed by atoms with Crippen molar-refractivity contribution in [1.82, 2.24) is 0 Å². The molecule has 2 nitrogen and oxygen atoms in total. The van der Waals surface area contributed by atoms with Crippen molar-refractivity contribution in [1.29, 1.82) is 0 Å². The standard InChI is InChI=1S/C9H7NOS/c11-8-4-1-5-9-7(8)3-2-6-10-12-9/h1-6,11H. The summed E-state index contributed by atoms with van der Waals surface area (Å²) in [5.41, 5.74) is 0.847. The maximum absolute atomic E-state index is 9.46. The quantitative estimate of drug-likeness (QED) is 0.617. The number of fused-ring (bicyclic) bond motifs is 1. The van der Waals surface area contributed by atoms with Gasteiger partial charge in [0.05, 0.1) is 0 Å². The molecular weight excluding hydrogens is 170 g/mol. The molecule has 0 aromatic heterocycles. The Kier molecular flexibility index (Phi) is 1.87. The Morgan fingerprint density at radius 1 is 1.33 bits per heavy atom. The molecule has 0 bridgehead atoms. The molecule has 0 atom stereocenters. The molecule has 0 aliphatic carbocycles. The van der Waals surface area contributed by atoms with E-state index in [2.05, 4.69) is 4.40 Å². The second-order valence-corrected chi connectivity index (χ2v) is 3.23. The minimum Gasteiger partial charge on any atom is -0.507 e. The molecule has 3 heteroatoms. The SMILES string of the molecule is Oc1cccc2c1C=CC=NS2. The number of benzene rings is 1. The molecule has 1 aliphatic rings. The van der Waals surface area contributed by atoms with Crippen LogP contribution in [0.4, 0.5) is 0 Å². The third-order valence-corrected chi connectivity index (χ3v) is 2.38. The van der Waals surface area contributed by atoms with E-state index in [0.717, 1.165) is 10.5 Å². The number of aromatic hydroxyl groups is 1. The largest absolute Gasteiger partial charge is 0.507 e. The fraction of sp³-hybridized carbons (Fsp3) is 0. The van der Waals surface area contributed by atoms with Crippen LogP contribution < -0.4 is 0 Å². The highest BCUT2D eigenvalue weighted by Crippen LogP contribution is 2.32. The maximum Gasteiger partial charge on any atom is 0.123 e. The Balaban J connectivity index is 2.59. The van der Waals surface area contributed by atoms with Gasteiger partial charge in [-0.2, -0.15) is 0 Å². The lowest BCUT2D eigenvalue weighted by Crippen LogP contribution is -1.77. The molecule has 60 valence electrons. The average molecular weight is 177 g/mol. The molecule has 0 fully saturated rings. The molecule has 0 saturated heterocycles. The van der Waals surface area contributed by atoms with E-state index in [9.17, 15) is 5.11 Å². The summed E-state index contributed by atoms with van der Waals surface area (Å²) in [6, 6.07) is 5.43. The van der Waals surface area contributed by atoms with Gasteiger partial charge in [-0.1, -0.05) is 6.07 Å². The Bertz CT molecular complexity index is 358. The third-order valence-electron chi connectivity index (χ3n) is 1.60. The average Bonchev–Trinajstić information content (AvgIpc) is 2.30. The van der Waals surface area contributed by atoms with E-state index in [1.165, 1.54) is 11.9 Å².